The highest BCUT2D eigenvalue weighted by molar-refractivity contribution is 5.94. The van der Waals surface area contributed by atoms with Crippen LogP contribution in [0.1, 0.15) is 28.4 Å². The summed E-state index contributed by atoms with van der Waals surface area (Å²) in [5, 5.41) is 0. The Hall–Kier alpha value is -2.51. The molecule has 2 aliphatic heterocycles. The molecule has 2 aromatic rings. The first-order valence-electron chi connectivity index (χ1n) is 8.70. The van der Waals surface area contributed by atoms with Crippen molar-refractivity contribution in [2.24, 2.45) is 0 Å². The number of carbonyl (C=O) groups is 1. The molecule has 0 spiro atoms. The van der Waals surface area contributed by atoms with E-state index in [2.05, 4.69) is 25.7 Å². The van der Waals surface area contributed by atoms with Crippen LogP contribution in [0.2, 0.25) is 0 Å². The highest BCUT2D eigenvalue weighted by atomic mass is 16.2. The van der Waals surface area contributed by atoms with Crippen molar-refractivity contribution in [2.75, 3.05) is 37.6 Å². The molecule has 0 saturated carbocycles. The minimum absolute atomic E-state index is 0.0999. The van der Waals surface area contributed by atoms with Gasteiger partial charge in [-0.05, 0) is 24.1 Å². The van der Waals surface area contributed by atoms with Gasteiger partial charge in [-0.1, -0.05) is 12.1 Å². The quantitative estimate of drug-likeness (QED) is 0.869. The summed E-state index contributed by atoms with van der Waals surface area (Å²) < 4.78 is 0. The molecule has 7 nitrogen and oxygen atoms in total. The Bertz CT molecular complexity index is 706. The molecular weight excluding hydrogens is 316 g/mol. The first-order chi connectivity index (χ1) is 12.3. The van der Waals surface area contributed by atoms with E-state index in [0.717, 1.165) is 37.4 Å². The lowest BCUT2D eigenvalue weighted by Gasteiger charge is -2.35. The molecule has 0 bridgehead atoms. The number of hydrazine groups is 1. The van der Waals surface area contributed by atoms with Crippen molar-refractivity contribution in [3.63, 3.8) is 0 Å². The van der Waals surface area contributed by atoms with Crippen LogP contribution in [0.15, 0.2) is 42.9 Å². The summed E-state index contributed by atoms with van der Waals surface area (Å²) >= 11 is 0. The zero-order valence-electron chi connectivity index (χ0n) is 14.1. The number of hydrogen-bond acceptors (Lipinski definition) is 6. The third-order valence-corrected chi connectivity index (χ3v) is 4.83. The van der Waals surface area contributed by atoms with Crippen LogP contribution in [0.3, 0.4) is 0 Å². The summed E-state index contributed by atoms with van der Waals surface area (Å²) in [6, 6.07) is 8.31. The molecule has 4 rings (SSSR count). The van der Waals surface area contributed by atoms with E-state index in [1.54, 1.807) is 18.6 Å². The van der Waals surface area contributed by atoms with Crippen LogP contribution in [0.5, 0.6) is 0 Å². The van der Waals surface area contributed by atoms with Gasteiger partial charge in [0.05, 0.1) is 6.20 Å². The summed E-state index contributed by atoms with van der Waals surface area (Å²) in [5.41, 5.74) is 8.35. The van der Waals surface area contributed by atoms with Crippen LogP contribution in [0.25, 0.3) is 0 Å². The number of hydrogen-bond donors (Lipinski definition) is 2. The van der Waals surface area contributed by atoms with Crippen LogP contribution in [-0.4, -0.2) is 53.5 Å². The molecule has 130 valence electrons. The van der Waals surface area contributed by atoms with E-state index < -0.39 is 0 Å². The normalized spacial score (nSPS) is 20.7. The molecule has 1 atom stereocenters. The van der Waals surface area contributed by atoms with Crippen molar-refractivity contribution in [3.8, 4) is 0 Å². The molecule has 0 radical (unpaired) electrons. The highest BCUT2D eigenvalue weighted by Gasteiger charge is 2.23. The van der Waals surface area contributed by atoms with E-state index in [4.69, 9.17) is 0 Å². The zero-order valence-corrected chi connectivity index (χ0v) is 14.1. The van der Waals surface area contributed by atoms with Gasteiger partial charge in [-0.2, -0.15) is 0 Å². The fourth-order valence-electron chi connectivity index (χ4n) is 3.37. The molecule has 1 aromatic heterocycles. The second-order valence-corrected chi connectivity index (χ2v) is 6.38. The van der Waals surface area contributed by atoms with Crippen LogP contribution >= 0.6 is 0 Å². The van der Waals surface area contributed by atoms with Crippen molar-refractivity contribution in [2.45, 2.75) is 12.5 Å². The van der Waals surface area contributed by atoms with Gasteiger partial charge in [0.2, 0.25) is 0 Å². The summed E-state index contributed by atoms with van der Waals surface area (Å²) in [6.45, 7) is 3.93. The number of piperazine rings is 1. The van der Waals surface area contributed by atoms with E-state index >= 15 is 0 Å². The summed E-state index contributed by atoms with van der Waals surface area (Å²) in [7, 11) is 0. The lowest BCUT2D eigenvalue weighted by molar-refractivity contribution is 0.0746. The Labute approximate surface area is 147 Å². The minimum Gasteiger partial charge on any atom is -0.352 e. The van der Waals surface area contributed by atoms with Gasteiger partial charge in [0.25, 0.3) is 5.91 Å². The van der Waals surface area contributed by atoms with Crippen LogP contribution < -0.4 is 15.8 Å². The number of rotatable bonds is 3. The van der Waals surface area contributed by atoms with Crippen LogP contribution in [0, 0.1) is 0 Å². The van der Waals surface area contributed by atoms with Crippen molar-refractivity contribution in [3.05, 3.63) is 54.0 Å². The van der Waals surface area contributed by atoms with Crippen molar-refractivity contribution in [1.29, 1.82) is 0 Å². The van der Waals surface area contributed by atoms with Gasteiger partial charge in [-0.3, -0.25) is 20.6 Å². The topological polar surface area (TPSA) is 73.4 Å². The van der Waals surface area contributed by atoms with Crippen molar-refractivity contribution in [1.82, 2.24) is 25.7 Å². The van der Waals surface area contributed by atoms with E-state index in [1.165, 1.54) is 5.56 Å². The Balaban J connectivity index is 1.37. The number of anilines is 1. The molecule has 3 heterocycles. The third-order valence-electron chi connectivity index (χ3n) is 4.83. The van der Waals surface area contributed by atoms with Gasteiger partial charge < -0.3 is 9.80 Å². The largest absolute Gasteiger partial charge is 0.352 e. The van der Waals surface area contributed by atoms with E-state index in [0.29, 0.717) is 19.1 Å². The molecule has 1 aromatic carbocycles. The zero-order chi connectivity index (χ0) is 17.1. The first-order valence-corrected chi connectivity index (χ1v) is 8.70. The van der Waals surface area contributed by atoms with Crippen molar-refractivity contribution >= 4 is 11.7 Å². The first kappa shape index (κ1) is 16.0. The second-order valence-electron chi connectivity index (χ2n) is 6.38. The number of nitrogens with one attached hydrogen (secondary N) is 2. The average Bonchev–Trinajstić information content (AvgIpc) is 3.23. The maximum absolute atomic E-state index is 12.7. The SMILES string of the molecule is O=C(c1ccc(C2CCNN2)cc1)N1CCN(c2cnccn2)CC1. The van der Waals surface area contributed by atoms with Crippen LogP contribution in [-0.2, 0) is 0 Å². The van der Waals surface area contributed by atoms with Gasteiger partial charge in [-0.15, -0.1) is 0 Å². The molecule has 7 heteroatoms. The summed E-state index contributed by atoms with van der Waals surface area (Å²) in [4.78, 5) is 25.2. The molecule has 2 aliphatic rings. The average molecular weight is 338 g/mol. The number of nitrogens with zero attached hydrogens (tertiary/aromatic N) is 4. The summed E-state index contributed by atoms with van der Waals surface area (Å²) in [5.74, 6) is 0.972. The van der Waals surface area contributed by atoms with Crippen molar-refractivity contribution < 1.29 is 4.79 Å². The predicted molar refractivity (Wildman–Crippen MR) is 95.1 cm³/mol. The molecule has 25 heavy (non-hydrogen) atoms. The van der Waals surface area contributed by atoms with Gasteiger partial charge in [0.1, 0.15) is 5.82 Å². The fraction of sp³-hybridized carbons (Fsp3) is 0.389. The fourth-order valence-corrected chi connectivity index (χ4v) is 3.37. The van der Waals surface area contributed by atoms with Gasteiger partial charge in [0.15, 0.2) is 0 Å². The van der Waals surface area contributed by atoms with E-state index in [-0.39, 0.29) is 5.91 Å². The smallest absolute Gasteiger partial charge is 0.253 e. The second kappa shape index (κ2) is 7.16. The maximum Gasteiger partial charge on any atom is 0.253 e. The number of aromatic nitrogens is 2. The number of benzene rings is 1. The Kier molecular flexibility index (Phi) is 4.58. The summed E-state index contributed by atoms with van der Waals surface area (Å²) in [6.07, 6.45) is 6.20. The highest BCUT2D eigenvalue weighted by Crippen LogP contribution is 2.20. The predicted octanol–water partition coefficient (Wildman–Crippen LogP) is 0.978. The Morgan fingerprint density at radius 3 is 2.52 bits per heavy atom. The van der Waals surface area contributed by atoms with E-state index in [9.17, 15) is 4.79 Å². The van der Waals surface area contributed by atoms with E-state index in [1.807, 2.05) is 29.2 Å². The lowest BCUT2D eigenvalue weighted by atomic mass is 10.0. The third kappa shape index (κ3) is 3.47. The molecule has 1 unspecified atom stereocenters. The molecule has 0 aliphatic carbocycles. The Morgan fingerprint density at radius 1 is 1.08 bits per heavy atom. The van der Waals surface area contributed by atoms with Gasteiger partial charge in [0, 0.05) is 56.7 Å². The Morgan fingerprint density at radius 2 is 1.88 bits per heavy atom. The standard InChI is InChI=1S/C18H22N6O/c25-18(15-3-1-14(2-4-15)16-5-6-21-22-16)24-11-9-23(10-12-24)17-13-19-7-8-20-17/h1-4,7-8,13,16,21-22H,5-6,9-12H2. The van der Waals surface area contributed by atoms with Crippen LogP contribution in [0.4, 0.5) is 5.82 Å². The molecular formula is C18H22N6O. The maximum atomic E-state index is 12.7. The van der Waals surface area contributed by atoms with Gasteiger partial charge >= 0.3 is 0 Å². The number of carbonyl (C=O) groups excluding carboxylic acids is 1. The number of amides is 1. The molecule has 2 saturated heterocycles. The molecule has 2 fully saturated rings. The van der Waals surface area contributed by atoms with Gasteiger partial charge in [-0.25, -0.2) is 4.98 Å². The monoisotopic (exact) mass is 338 g/mol. The molecule has 1 amide bonds. The minimum atomic E-state index is 0.0999. The molecule has 2 N–H and O–H groups in total. The lowest BCUT2D eigenvalue weighted by Crippen LogP contribution is -2.49.